The number of aromatic carboxylic acids is 1. The molecule has 1 aromatic carbocycles. The highest BCUT2D eigenvalue weighted by Crippen LogP contribution is 2.18. The van der Waals surface area contributed by atoms with E-state index in [0.29, 0.717) is 0 Å². The van der Waals surface area contributed by atoms with Gasteiger partial charge in [-0.3, -0.25) is 4.79 Å². The third kappa shape index (κ3) is 2.00. The van der Waals surface area contributed by atoms with Crippen LogP contribution in [0, 0.1) is 12.7 Å². The first-order chi connectivity index (χ1) is 8.50. The van der Waals surface area contributed by atoms with E-state index >= 15 is 0 Å². The fourth-order valence-electron chi connectivity index (χ4n) is 1.51. The van der Waals surface area contributed by atoms with E-state index < -0.39 is 17.6 Å². The number of rotatable bonds is 3. The lowest BCUT2D eigenvalue weighted by atomic mass is 10.0. The molecule has 92 valence electrons. The third-order valence-corrected chi connectivity index (χ3v) is 2.39. The molecule has 0 saturated carbocycles. The molecule has 0 saturated heterocycles. The average molecular weight is 249 g/mol. The average Bonchev–Trinajstić information content (AvgIpc) is 2.71. The molecule has 0 radical (unpaired) electrons. The second-order valence-corrected chi connectivity index (χ2v) is 3.61. The second kappa shape index (κ2) is 4.40. The summed E-state index contributed by atoms with van der Waals surface area (Å²) in [6.07, 6.45) is 0. The smallest absolute Gasteiger partial charge is 0.341 e. The van der Waals surface area contributed by atoms with E-state index in [9.17, 15) is 14.0 Å². The van der Waals surface area contributed by atoms with Crippen LogP contribution in [0.5, 0.6) is 0 Å². The van der Waals surface area contributed by atoms with Crippen molar-refractivity contribution in [1.29, 1.82) is 0 Å². The minimum Gasteiger partial charge on any atom is -0.477 e. The van der Waals surface area contributed by atoms with Crippen LogP contribution in [0.25, 0.3) is 0 Å². The van der Waals surface area contributed by atoms with Crippen LogP contribution in [0.1, 0.15) is 32.2 Å². The number of carbonyl (C=O) groups excluding carboxylic acids is 1. The van der Waals surface area contributed by atoms with Crippen LogP contribution >= 0.6 is 0 Å². The second-order valence-electron chi connectivity index (χ2n) is 3.61. The lowest BCUT2D eigenvalue weighted by Gasteiger charge is -1.98. The van der Waals surface area contributed by atoms with Crippen LogP contribution in [0.2, 0.25) is 0 Å². The molecule has 2 aromatic rings. The monoisotopic (exact) mass is 249 g/mol. The molecule has 0 aliphatic rings. The Labute approximate surface area is 101 Å². The number of aryl methyl sites for hydroxylation is 1. The molecule has 1 N–H and O–H groups in total. The van der Waals surface area contributed by atoms with Gasteiger partial charge in [0.1, 0.15) is 11.4 Å². The van der Waals surface area contributed by atoms with Crippen LogP contribution in [0.4, 0.5) is 4.39 Å². The van der Waals surface area contributed by atoms with Crippen LogP contribution < -0.4 is 0 Å². The SMILES string of the molecule is Cc1noc(C(=O)c2ccc(F)cc2)c1C(=O)O. The zero-order chi connectivity index (χ0) is 13.3. The molecule has 6 heteroatoms. The fourth-order valence-corrected chi connectivity index (χ4v) is 1.51. The summed E-state index contributed by atoms with van der Waals surface area (Å²) < 4.78 is 17.5. The topological polar surface area (TPSA) is 80.4 Å². The lowest BCUT2D eigenvalue weighted by molar-refractivity contribution is 0.0690. The van der Waals surface area contributed by atoms with Crippen LogP contribution in [-0.2, 0) is 0 Å². The maximum atomic E-state index is 12.7. The van der Waals surface area contributed by atoms with Gasteiger partial charge < -0.3 is 9.63 Å². The number of benzene rings is 1. The standard InChI is InChI=1S/C12H8FNO4/c1-6-9(12(16)17)11(18-14-6)10(15)7-2-4-8(13)5-3-7/h2-5H,1H3,(H,16,17). The van der Waals surface area contributed by atoms with E-state index in [1.807, 2.05) is 0 Å². The van der Waals surface area contributed by atoms with Gasteiger partial charge in [0, 0.05) is 5.56 Å². The number of aromatic nitrogens is 1. The first-order valence-corrected chi connectivity index (χ1v) is 5.00. The molecule has 18 heavy (non-hydrogen) atoms. The molecule has 1 heterocycles. The molecule has 0 atom stereocenters. The van der Waals surface area contributed by atoms with E-state index in [1.54, 1.807) is 0 Å². The highest BCUT2D eigenvalue weighted by atomic mass is 19.1. The Kier molecular flexibility index (Phi) is 2.93. The Morgan fingerprint density at radius 1 is 1.28 bits per heavy atom. The molecule has 0 unspecified atom stereocenters. The van der Waals surface area contributed by atoms with Crippen molar-refractivity contribution in [3.05, 3.63) is 52.7 Å². The summed E-state index contributed by atoms with van der Waals surface area (Å²) in [5.41, 5.74) is -0.0210. The Balaban J connectivity index is 2.46. The van der Waals surface area contributed by atoms with E-state index in [1.165, 1.54) is 19.1 Å². The number of nitrogens with zero attached hydrogens (tertiary/aromatic N) is 1. The maximum Gasteiger partial charge on any atom is 0.341 e. The first kappa shape index (κ1) is 12.0. The summed E-state index contributed by atoms with van der Waals surface area (Å²) in [6, 6.07) is 4.72. The van der Waals surface area contributed by atoms with E-state index in [0.717, 1.165) is 12.1 Å². The van der Waals surface area contributed by atoms with Gasteiger partial charge in [-0.2, -0.15) is 0 Å². The van der Waals surface area contributed by atoms with Gasteiger partial charge >= 0.3 is 5.97 Å². The zero-order valence-electron chi connectivity index (χ0n) is 9.31. The van der Waals surface area contributed by atoms with Gasteiger partial charge in [-0.05, 0) is 31.2 Å². The van der Waals surface area contributed by atoms with Crippen molar-refractivity contribution in [3.8, 4) is 0 Å². The summed E-state index contributed by atoms with van der Waals surface area (Å²) in [5, 5.41) is 12.4. The summed E-state index contributed by atoms with van der Waals surface area (Å²) >= 11 is 0. The number of carboxylic acids is 1. The van der Waals surface area contributed by atoms with E-state index in [-0.39, 0.29) is 22.6 Å². The summed E-state index contributed by atoms with van der Waals surface area (Å²) in [6.45, 7) is 1.42. The predicted octanol–water partition coefficient (Wildman–Crippen LogP) is 2.05. The number of hydrogen-bond acceptors (Lipinski definition) is 4. The molecule has 0 aliphatic heterocycles. The van der Waals surface area contributed by atoms with Gasteiger partial charge in [-0.15, -0.1) is 0 Å². The molecular formula is C12H8FNO4. The number of ketones is 1. The Morgan fingerprint density at radius 2 is 1.89 bits per heavy atom. The van der Waals surface area contributed by atoms with E-state index in [4.69, 9.17) is 9.63 Å². The van der Waals surface area contributed by atoms with Crippen molar-refractivity contribution in [2.45, 2.75) is 6.92 Å². The first-order valence-electron chi connectivity index (χ1n) is 5.00. The van der Waals surface area contributed by atoms with Gasteiger partial charge in [0.15, 0.2) is 0 Å². The molecule has 1 aromatic heterocycles. The highest BCUT2D eigenvalue weighted by Gasteiger charge is 2.26. The summed E-state index contributed by atoms with van der Waals surface area (Å²) in [7, 11) is 0. The summed E-state index contributed by atoms with van der Waals surface area (Å²) in [5.74, 6) is -2.78. The van der Waals surface area contributed by atoms with Crippen LogP contribution in [0.3, 0.4) is 0 Å². The molecule has 0 bridgehead atoms. The van der Waals surface area contributed by atoms with Crippen molar-refractivity contribution in [2.24, 2.45) is 0 Å². The fraction of sp³-hybridized carbons (Fsp3) is 0.0833. The Hall–Kier alpha value is -2.50. The predicted molar refractivity (Wildman–Crippen MR) is 58.0 cm³/mol. The molecule has 0 fully saturated rings. The van der Waals surface area contributed by atoms with Crippen molar-refractivity contribution in [1.82, 2.24) is 5.16 Å². The summed E-state index contributed by atoms with van der Waals surface area (Å²) in [4.78, 5) is 23.0. The minimum atomic E-state index is -1.29. The quantitative estimate of drug-likeness (QED) is 0.842. The molecule has 5 nitrogen and oxygen atoms in total. The lowest BCUT2D eigenvalue weighted by Crippen LogP contribution is -2.08. The maximum absolute atomic E-state index is 12.7. The molecule has 0 amide bonds. The number of hydrogen-bond donors (Lipinski definition) is 1. The van der Waals surface area contributed by atoms with Gasteiger partial charge in [0.2, 0.25) is 11.5 Å². The molecule has 2 rings (SSSR count). The van der Waals surface area contributed by atoms with E-state index in [2.05, 4.69) is 5.16 Å². The Bertz CT molecular complexity index is 616. The number of halogens is 1. The highest BCUT2D eigenvalue weighted by molar-refractivity contribution is 6.12. The number of carboxylic acid groups (broad SMARTS) is 1. The minimum absolute atomic E-state index is 0.118. The normalized spacial score (nSPS) is 10.3. The van der Waals surface area contributed by atoms with Gasteiger partial charge in [0.05, 0.1) is 5.69 Å². The zero-order valence-corrected chi connectivity index (χ0v) is 9.31. The molecule has 0 spiro atoms. The third-order valence-electron chi connectivity index (χ3n) is 2.39. The number of carbonyl (C=O) groups is 2. The largest absolute Gasteiger partial charge is 0.477 e. The van der Waals surface area contributed by atoms with Gasteiger partial charge in [-0.1, -0.05) is 5.16 Å². The molecular weight excluding hydrogens is 241 g/mol. The Morgan fingerprint density at radius 3 is 2.44 bits per heavy atom. The van der Waals surface area contributed by atoms with Crippen LogP contribution in [-0.4, -0.2) is 22.0 Å². The van der Waals surface area contributed by atoms with Crippen molar-refractivity contribution in [2.75, 3.05) is 0 Å². The van der Waals surface area contributed by atoms with Crippen molar-refractivity contribution >= 4 is 11.8 Å². The van der Waals surface area contributed by atoms with Gasteiger partial charge in [0.25, 0.3) is 0 Å². The van der Waals surface area contributed by atoms with Crippen molar-refractivity contribution < 1.29 is 23.6 Å². The van der Waals surface area contributed by atoms with Crippen molar-refractivity contribution in [3.63, 3.8) is 0 Å². The molecule has 0 aliphatic carbocycles. The van der Waals surface area contributed by atoms with Crippen LogP contribution in [0.15, 0.2) is 28.8 Å². The van der Waals surface area contributed by atoms with Gasteiger partial charge in [-0.25, -0.2) is 9.18 Å².